The summed E-state index contributed by atoms with van der Waals surface area (Å²) >= 11 is 0. The third kappa shape index (κ3) is 5.09. The van der Waals surface area contributed by atoms with E-state index in [0.717, 1.165) is 29.5 Å². The van der Waals surface area contributed by atoms with Crippen LogP contribution in [0.25, 0.3) is 11.1 Å². The molecule has 3 heteroatoms. The number of ketones is 1. The Bertz CT molecular complexity index is 852. The molecule has 0 saturated heterocycles. The fraction of sp³-hybridized carbons (Fsp3) is 0.217. The summed E-state index contributed by atoms with van der Waals surface area (Å²) in [6.07, 6.45) is 4.37. The Balaban J connectivity index is 1.48. The maximum atomic E-state index is 12.9. The Morgan fingerprint density at radius 2 is 1.54 bits per heavy atom. The van der Waals surface area contributed by atoms with Gasteiger partial charge in [0.15, 0.2) is 0 Å². The van der Waals surface area contributed by atoms with E-state index in [1.54, 1.807) is 6.07 Å². The van der Waals surface area contributed by atoms with E-state index in [9.17, 15) is 9.18 Å². The van der Waals surface area contributed by atoms with Crippen LogP contribution in [-0.4, -0.2) is 10.8 Å². The van der Waals surface area contributed by atoms with Crippen LogP contribution in [0.15, 0.2) is 66.9 Å². The molecule has 26 heavy (non-hydrogen) atoms. The van der Waals surface area contributed by atoms with Gasteiger partial charge in [-0.1, -0.05) is 54.1 Å². The standard InChI is InChI=1S/C23H22FNO/c1-17-5-7-19(8-6-17)15-22(26)4-2-3-18-9-11-20(12-10-18)21-13-14-23(24)25-16-21/h5-14,16H,2-4,15H2,1H3. The molecule has 0 aliphatic heterocycles. The first-order chi connectivity index (χ1) is 12.6. The van der Waals surface area contributed by atoms with Crippen molar-refractivity contribution in [3.8, 4) is 11.1 Å². The molecular formula is C23H22FNO. The fourth-order valence-electron chi connectivity index (χ4n) is 2.92. The molecule has 0 bridgehead atoms. The molecule has 0 aliphatic rings. The Morgan fingerprint density at radius 1 is 0.885 bits per heavy atom. The van der Waals surface area contributed by atoms with E-state index in [4.69, 9.17) is 0 Å². The summed E-state index contributed by atoms with van der Waals surface area (Å²) in [5, 5.41) is 0. The second-order valence-corrected chi connectivity index (χ2v) is 6.62. The molecule has 0 radical (unpaired) electrons. The van der Waals surface area contributed by atoms with Crippen molar-refractivity contribution in [3.05, 3.63) is 89.5 Å². The van der Waals surface area contributed by atoms with Crippen molar-refractivity contribution in [1.82, 2.24) is 4.98 Å². The highest BCUT2D eigenvalue weighted by Crippen LogP contribution is 2.19. The van der Waals surface area contributed by atoms with Crippen LogP contribution in [0.2, 0.25) is 0 Å². The summed E-state index contributed by atoms with van der Waals surface area (Å²) in [5.41, 5.74) is 5.40. The number of aromatic nitrogens is 1. The molecular weight excluding hydrogens is 325 g/mol. The van der Waals surface area contributed by atoms with Gasteiger partial charge in [-0.2, -0.15) is 4.39 Å². The number of nitrogens with zero attached hydrogens (tertiary/aromatic N) is 1. The highest BCUT2D eigenvalue weighted by atomic mass is 19.1. The average Bonchev–Trinajstić information content (AvgIpc) is 2.65. The highest BCUT2D eigenvalue weighted by Gasteiger charge is 2.05. The Labute approximate surface area is 153 Å². The van der Waals surface area contributed by atoms with Crippen LogP contribution in [0.5, 0.6) is 0 Å². The lowest BCUT2D eigenvalue weighted by Crippen LogP contribution is -2.03. The topological polar surface area (TPSA) is 30.0 Å². The Hall–Kier alpha value is -2.81. The molecule has 0 fully saturated rings. The van der Waals surface area contributed by atoms with Gasteiger partial charge in [-0.3, -0.25) is 4.79 Å². The van der Waals surface area contributed by atoms with E-state index in [0.29, 0.717) is 12.8 Å². The molecule has 0 N–H and O–H groups in total. The van der Waals surface area contributed by atoms with E-state index < -0.39 is 5.95 Å². The molecule has 1 aromatic heterocycles. The van der Waals surface area contributed by atoms with Crippen molar-refractivity contribution in [2.75, 3.05) is 0 Å². The van der Waals surface area contributed by atoms with Gasteiger partial charge in [0.25, 0.3) is 0 Å². The number of Topliss-reactive ketones (excluding diaryl/α,β-unsaturated/α-hetero) is 1. The first-order valence-electron chi connectivity index (χ1n) is 8.88. The summed E-state index contributed by atoms with van der Waals surface area (Å²) in [7, 11) is 0. The quantitative estimate of drug-likeness (QED) is 0.541. The average molecular weight is 347 g/mol. The van der Waals surface area contributed by atoms with Crippen molar-refractivity contribution in [2.45, 2.75) is 32.6 Å². The van der Waals surface area contributed by atoms with Crippen molar-refractivity contribution in [2.24, 2.45) is 0 Å². The predicted octanol–water partition coefficient (Wildman–Crippen LogP) is 5.33. The fourth-order valence-corrected chi connectivity index (χ4v) is 2.92. The number of hydrogen-bond acceptors (Lipinski definition) is 2. The summed E-state index contributed by atoms with van der Waals surface area (Å²) in [6.45, 7) is 2.05. The van der Waals surface area contributed by atoms with E-state index in [1.165, 1.54) is 23.4 Å². The molecule has 2 aromatic carbocycles. The summed E-state index contributed by atoms with van der Waals surface area (Å²) < 4.78 is 12.9. The van der Waals surface area contributed by atoms with Gasteiger partial charge < -0.3 is 0 Å². The molecule has 0 spiro atoms. The predicted molar refractivity (Wildman–Crippen MR) is 102 cm³/mol. The van der Waals surface area contributed by atoms with Gasteiger partial charge >= 0.3 is 0 Å². The van der Waals surface area contributed by atoms with Gasteiger partial charge in [-0.25, -0.2) is 4.98 Å². The van der Waals surface area contributed by atoms with Crippen LogP contribution in [0.1, 0.15) is 29.5 Å². The lowest BCUT2D eigenvalue weighted by atomic mass is 10.00. The molecule has 0 atom stereocenters. The van der Waals surface area contributed by atoms with Crippen molar-refractivity contribution >= 4 is 5.78 Å². The first kappa shape index (κ1) is 18.0. The van der Waals surface area contributed by atoms with Crippen LogP contribution in [0, 0.1) is 12.9 Å². The Morgan fingerprint density at radius 3 is 2.19 bits per heavy atom. The first-order valence-corrected chi connectivity index (χ1v) is 8.88. The molecule has 132 valence electrons. The van der Waals surface area contributed by atoms with E-state index in [-0.39, 0.29) is 5.78 Å². The second kappa shape index (κ2) is 8.52. The van der Waals surface area contributed by atoms with Crippen LogP contribution in [0.4, 0.5) is 4.39 Å². The van der Waals surface area contributed by atoms with Crippen molar-refractivity contribution in [3.63, 3.8) is 0 Å². The number of benzene rings is 2. The number of aryl methyl sites for hydroxylation is 2. The zero-order valence-electron chi connectivity index (χ0n) is 14.9. The molecule has 0 aliphatic carbocycles. The zero-order chi connectivity index (χ0) is 18.4. The van der Waals surface area contributed by atoms with Gasteiger partial charge in [0.05, 0.1) is 0 Å². The Kier molecular flexibility index (Phi) is 5.90. The number of pyridine rings is 1. The summed E-state index contributed by atoms with van der Waals surface area (Å²) in [6, 6.07) is 19.4. The lowest BCUT2D eigenvalue weighted by Gasteiger charge is -2.05. The zero-order valence-corrected chi connectivity index (χ0v) is 14.9. The van der Waals surface area contributed by atoms with Crippen LogP contribution < -0.4 is 0 Å². The smallest absolute Gasteiger partial charge is 0.212 e. The summed E-state index contributed by atoms with van der Waals surface area (Å²) in [5.74, 6) is -0.191. The number of carbonyl (C=O) groups excluding carboxylic acids is 1. The molecule has 1 heterocycles. The molecule has 0 amide bonds. The number of rotatable bonds is 7. The SMILES string of the molecule is Cc1ccc(CC(=O)CCCc2ccc(-c3ccc(F)nc3)cc2)cc1. The van der Waals surface area contributed by atoms with Crippen LogP contribution in [0.3, 0.4) is 0 Å². The monoisotopic (exact) mass is 347 g/mol. The van der Waals surface area contributed by atoms with Gasteiger partial charge in [0, 0.05) is 24.6 Å². The minimum atomic E-state index is -0.472. The minimum Gasteiger partial charge on any atom is -0.299 e. The van der Waals surface area contributed by atoms with Gasteiger partial charge in [0.1, 0.15) is 5.78 Å². The third-order valence-electron chi connectivity index (χ3n) is 4.46. The van der Waals surface area contributed by atoms with Gasteiger partial charge in [0.2, 0.25) is 5.95 Å². The van der Waals surface area contributed by atoms with Crippen molar-refractivity contribution < 1.29 is 9.18 Å². The maximum Gasteiger partial charge on any atom is 0.212 e. The van der Waals surface area contributed by atoms with E-state index in [1.807, 2.05) is 43.3 Å². The van der Waals surface area contributed by atoms with Gasteiger partial charge in [-0.15, -0.1) is 0 Å². The highest BCUT2D eigenvalue weighted by molar-refractivity contribution is 5.80. The van der Waals surface area contributed by atoms with Crippen LogP contribution >= 0.6 is 0 Å². The number of hydrogen-bond donors (Lipinski definition) is 0. The molecule has 3 aromatic rings. The van der Waals surface area contributed by atoms with E-state index >= 15 is 0 Å². The molecule has 2 nitrogen and oxygen atoms in total. The van der Waals surface area contributed by atoms with E-state index in [2.05, 4.69) is 17.1 Å². The molecule has 0 unspecified atom stereocenters. The third-order valence-corrected chi connectivity index (χ3v) is 4.46. The minimum absolute atomic E-state index is 0.280. The molecule has 3 rings (SSSR count). The van der Waals surface area contributed by atoms with Crippen LogP contribution in [-0.2, 0) is 17.6 Å². The van der Waals surface area contributed by atoms with Gasteiger partial charge in [-0.05, 0) is 48.6 Å². The number of carbonyl (C=O) groups is 1. The largest absolute Gasteiger partial charge is 0.299 e. The molecule has 0 saturated carbocycles. The second-order valence-electron chi connectivity index (χ2n) is 6.62. The normalized spacial score (nSPS) is 10.7. The lowest BCUT2D eigenvalue weighted by molar-refractivity contribution is -0.118. The number of halogens is 1. The van der Waals surface area contributed by atoms with Crippen molar-refractivity contribution in [1.29, 1.82) is 0 Å². The maximum absolute atomic E-state index is 12.9. The summed E-state index contributed by atoms with van der Waals surface area (Å²) in [4.78, 5) is 15.8.